The Bertz CT molecular complexity index is 346. The minimum atomic E-state index is 0.367. The zero-order chi connectivity index (χ0) is 14.1. The average molecular weight is 265 g/mol. The highest BCUT2D eigenvalue weighted by molar-refractivity contribution is 5.30. The van der Waals surface area contributed by atoms with Gasteiger partial charge in [-0.05, 0) is 32.4 Å². The first kappa shape index (κ1) is 16.2. The minimum absolute atomic E-state index is 0.367. The van der Waals surface area contributed by atoms with Gasteiger partial charge in [-0.3, -0.25) is 0 Å². The molecule has 0 heterocycles. The molecular formula is C16H27NO2. The molecule has 0 aliphatic heterocycles. The summed E-state index contributed by atoms with van der Waals surface area (Å²) in [6.07, 6.45) is 0.987. The first-order chi connectivity index (χ1) is 9.17. The van der Waals surface area contributed by atoms with Gasteiger partial charge in [0.2, 0.25) is 0 Å². The van der Waals surface area contributed by atoms with Gasteiger partial charge < -0.3 is 14.8 Å². The highest BCUT2D eigenvalue weighted by Gasteiger charge is 2.10. The SMILES string of the molecule is CCNC(CCOCCOC)c1cc(C)cc(C)c1. The van der Waals surface area contributed by atoms with E-state index in [1.165, 1.54) is 16.7 Å². The number of ether oxygens (including phenoxy) is 2. The lowest BCUT2D eigenvalue weighted by Crippen LogP contribution is -2.23. The molecule has 0 aliphatic carbocycles. The summed E-state index contributed by atoms with van der Waals surface area (Å²) in [6.45, 7) is 9.49. The van der Waals surface area contributed by atoms with Crippen molar-refractivity contribution < 1.29 is 9.47 Å². The van der Waals surface area contributed by atoms with Crippen LogP contribution in [0.2, 0.25) is 0 Å². The summed E-state index contributed by atoms with van der Waals surface area (Å²) in [5, 5.41) is 3.53. The lowest BCUT2D eigenvalue weighted by atomic mass is 9.99. The van der Waals surface area contributed by atoms with E-state index in [1.807, 2.05) is 0 Å². The van der Waals surface area contributed by atoms with Crippen LogP contribution in [-0.4, -0.2) is 33.5 Å². The van der Waals surface area contributed by atoms with Crippen LogP contribution in [0.25, 0.3) is 0 Å². The molecule has 1 N–H and O–H groups in total. The van der Waals surface area contributed by atoms with Crippen molar-refractivity contribution in [2.75, 3.05) is 33.5 Å². The van der Waals surface area contributed by atoms with Gasteiger partial charge in [-0.2, -0.15) is 0 Å². The first-order valence-corrected chi connectivity index (χ1v) is 7.05. The van der Waals surface area contributed by atoms with Crippen molar-refractivity contribution in [3.8, 4) is 0 Å². The second kappa shape index (κ2) is 9.08. The van der Waals surface area contributed by atoms with Crippen LogP contribution in [0.3, 0.4) is 0 Å². The van der Waals surface area contributed by atoms with Gasteiger partial charge in [0.05, 0.1) is 13.2 Å². The fourth-order valence-corrected chi connectivity index (χ4v) is 2.29. The van der Waals surface area contributed by atoms with Crippen molar-refractivity contribution in [3.63, 3.8) is 0 Å². The third-order valence-corrected chi connectivity index (χ3v) is 3.08. The van der Waals surface area contributed by atoms with E-state index in [2.05, 4.69) is 44.3 Å². The van der Waals surface area contributed by atoms with Crippen molar-refractivity contribution in [2.45, 2.75) is 33.2 Å². The average Bonchev–Trinajstić information content (AvgIpc) is 2.36. The molecule has 3 heteroatoms. The molecule has 1 aromatic carbocycles. The Kier molecular flexibility index (Phi) is 7.72. The van der Waals surface area contributed by atoms with E-state index in [9.17, 15) is 0 Å². The maximum Gasteiger partial charge on any atom is 0.0700 e. The van der Waals surface area contributed by atoms with E-state index in [-0.39, 0.29) is 0 Å². The summed E-state index contributed by atoms with van der Waals surface area (Å²) in [4.78, 5) is 0. The monoisotopic (exact) mass is 265 g/mol. The molecule has 1 unspecified atom stereocenters. The zero-order valence-electron chi connectivity index (χ0n) is 12.7. The molecule has 1 aromatic rings. The number of rotatable bonds is 9. The standard InChI is InChI=1S/C16H27NO2/c1-5-17-16(6-7-19-9-8-18-4)15-11-13(2)10-14(3)12-15/h10-12,16-17H,5-9H2,1-4H3. The largest absolute Gasteiger partial charge is 0.382 e. The molecule has 0 aliphatic rings. The number of aryl methyl sites for hydroxylation is 2. The lowest BCUT2D eigenvalue weighted by molar-refractivity contribution is 0.0658. The Morgan fingerprint density at radius 2 is 1.74 bits per heavy atom. The van der Waals surface area contributed by atoms with Gasteiger partial charge in [-0.15, -0.1) is 0 Å². The van der Waals surface area contributed by atoms with Gasteiger partial charge in [-0.1, -0.05) is 36.2 Å². The summed E-state index contributed by atoms with van der Waals surface area (Å²) < 4.78 is 10.5. The van der Waals surface area contributed by atoms with Crippen LogP contribution >= 0.6 is 0 Å². The molecule has 0 saturated heterocycles. The van der Waals surface area contributed by atoms with Crippen molar-refractivity contribution in [1.29, 1.82) is 0 Å². The fourth-order valence-electron chi connectivity index (χ4n) is 2.29. The normalized spacial score (nSPS) is 12.6. The summed E-state index contributed by atoms with van der Waals surface area (Å²) in [5.41, 5.74) is 3.99. The van der Waals surface area contributed by atoms with Crippen molar-refractivity contribution in [2.24, 2.45) is 0 Å². The predicted molar refractivity (Wildman–Crippen MR) is 79.6 cm³/mol. The molecule has 0 radical (unpaired) electrons. The number of hydrogen-bond donors (Lipinski definition) is 1. The van der Waals surface area contributed by atoms with Gasteiger partial charge >= 0.3 is 0 Å². The molecule has 0 bridgehead atoms. The Balaban J connectivity index is 2.55. The molecule has 1 atom stereocenters. The molecule has 0 aromatic heterocycles. The van der Waals surface area contributed by atoms with Crippen molar-refractivity contribution >= 4 is 0 Å². The highest BCUT2D eigenvalue weighted by atomic mass is 16.5. The van der Waals surface area contributed by atoms with Crippen LogP contribution in [0, 0.1) is 13.8 Å². The molecule has 0 amide bonds. The smallest absolute Gasteiger partial charge is 0.0700 e. The molecule has 0 saturated carbocycles. The molecule has 0 spiro atoms. The van der Waals surface area contributed by atoms with Gasteiger partial charge in [0.25, 0.3) is 0 Å². The third-order valence-electron chi connectivity index (χ3n) is 3.08. The van der Waals surface area contributed by atoms with E-state index in [0.29, 0.717) is 19.3 Å². The van der Waals surface area contributed by atoms with Gasteiger partial charge in [0, 0.05) is 19.8 Å². The Morgan fingerprint density at radius 1 is 1.05 bits per heavy atom. The summed E-state index contributed by atoms with van der Waals surface area (Å²) in [5.74, 6) is 0. The molecule has 19 heavy (non-hydrogen) atoms. The molecule has 3 nitrogen and oxygen atoms in total. The second-order valence-electron chi connectivity index (χ2n) is 4.93. The fraction of sp³-hybridized carbons (Fsp3) is 0.625. The van der Waals surface area contributed by atoms with Gasteiger partial charge in [0.15, 0.2) is 0 Å². The van der Waals surface area contributed by atoms with Crippen LogP contribution < -0.4 is 5.32 Å². The van der Waals surface area contributed by atoms with Gasteiger partial charge in [0.1, 0.15) is 0 Å². The van der Waals surface area contributed by atoms with Crippen LogP contribution in [0.4, 0.5) is 0 Å². The lowest BCUT2D eigenvalue weighted by Gasteiger charge is -2.19. The van der Waals surface area contributed by atoms with E-state index in [4.69, 9.17) is 9.47 Å². The van der Waals surface area contributed by atoms with Crippen molar-refractivity contribution in [3.05, 3.63) is 34.9 Å². The Hall–Kier alpha value is -0.900. The van der Waals surface area contributed by atoms with Crippen LogP contribution in [0.1, 0.15) is 36.1 Å². The number of nitrogens with one attached hydrogen (secondary N) is 1. The highest BCUT2D eigenvalue weighted by Crippen LogP contribution is 2.20. The zero-order valence-corrected chi connectivity index (χ0v) is 12.7. The van der Waals surface area contributed by atoms with E-state index in [1.54, 1.807) is 7.11 Å². The summed E-state index contributed by atoms with van der Waals surface area (Å²) in [7, 11) is 1.69. The van der Waals surface area contributed by atoms with E-state index >= 15 is 0 Å². The van der Waals surface area contributed by atoms with Crippen LogP contribution in [0.15, 0.2) is 18.2 Å². The van der Waals surface area contributed by atoms with E-state index < -0.39 is 0 Å². The number of methoxy groups -OCH3 is 1. The first-order valence-electron chi connectivity index (χ1n) is 7.05. The maximum absolute atomic E-state index is 5.57. The molecule has 0 fully saturated rings. The second-order valence-corrected chi connectivity index (χ2v) is 4.93. The minimum Gasteiger partial charge on any atom is -0.382 e. The van der Waals surface area contributed by atoms with Gasteiger partial charge in [-0.25, -0.2) is 0 Å². The summed E-state index contributed by atoms with van der Waals surface area (Å²) in [6, 6.07) is 7.10. The molecule has 1 rings (SSSR count). The quantitative estimate of drug-likeness (QED) is 0.696. The number of benzene rings is 1. The number of hydrogen-bond acceptors (Lipinski definition) is 3. The van der Waals surface area contributed by atoms with Crippen LogP contribution in [0.5, 0.6) is 0 Å². The predicted octanol–water partition coefficient (Wildman–Crippen LogP) is 3.01. The van der Waals surface area contributed by atoms with Crippen molar-refractivity contribution in [1.82, 2.24) is 5.32 Å². The topological polar surface area (TPSA) is 30.5 Å². The molecular weight excluding hydrogens is 238 g/mol. The Morgan fingerprint density at radius 3 is 2.32 bits per heavy atom. The summed E-state index contributed by atoms with van der Waals surface area (Å²) >= 11 is 0. The van der Waals surface area contributed by atoms with E-state index in [0.717, 1.165) is 19.6 Å². The maximum atomic E-state index is 5.57. The van der Waals surface area contributed by atoms with Crippen LogP contribution in [-0.2, 0) is 9.47 Å². The third kappa shape index (κ3) is 6.19. The Labute approximate surface area is 117 Å². The molecule has 108 valence electrons.